The molecule has 4 nitrogen and oxygen atoms in total. The standard InChI is InChI=1S/C12H24N2O2/c1-12(2)15-8-11(16-12)7-14-10-5-3-9(13)4-6-10/h9-11,14H,3-8,13H2,1-2H3. The summed E-state index contributed by atoms with van der Waals surface area (Å²) in [7, 11) is 0. The first-order valence-corrected chi connectivity index (χ1v) is 6.36. The van der Waals surface area contributed by atoms with E-state index in [9.17, 15) is 0 Å². The van der Waals surface area contributed by atoms with Gasteiger partial charge in [0.2, 0.25) is 0 Å². The van der Waals surface area contributed by atoms with Gasteiger partial charge in [0.05, 0.1) is 12.7 Å². The lowest BCUT2D eigenvalue weighted by Gasteiger charge is -2.27. The smallest absolute Gasteiger partial charge is 0.163 e. The molecule has 1 aliphatic carbocycles. The molecule has 94 valence electrons. The Kier molecular flexibility index (Phi) is 3.85. The highest BCUT2D eigenvalue weighted by Crippen LogP contribution is 2.22. The SMILES string of the molecule is CC1(C)OCC(CNC2CCC(N)CC2)O1. The minimum absolute atomic E-state index is 0.200. The molecule has 1 heterocycles. The number of nitrogens with two attached hydrogens (primary N) is 1. The van der Waals surface area contributed by atoms with E-state index in [4.69, 9.17) is 15.2 Å². The largest absolute Gasteiger partial charge is 0.348 e. The van der Waals surface area contributed by atoms with E-state index in [0.717, 1.165) is 19.4 Å². The topological polar surface area (TPSA) is 56.5 Å². The van der Waals surface area contributed by atoms with Gasteiger partial charge in [0.25, 0.3) is 0 Å². The fraction of sp³-hybridized carbons (Fsp3) is 1.00. The van der Waals surface area contributed by atoms with Crippen molar-refractivity contribution in [1.29, 1.82) is 0 Å². The Labute approximate surface area is 97.9 Å². The molecule has 0 amide bonds. The highest BCUT2D eigenvalue weighted by Gasteiger charge is 2.32. The van der Waals surface area contributed by atoms with Gasteiger partial charge in [-0.15, -0.1) is 0 Å². The van der Waals surface area contributed by atoms with E-state index in [1.165, 1.54) is 12.8 Å². The maximum atomic E-state index is 5.88. The molecule has 16 heavy (non-hydrogen) atoms. The average molecular weight is 228 g/mol. The molecule has 1 unspecified atom stereocenters. The van der Waals surface area contributed by atoms with Gasteiger partial charge in [-0.2, -0.15) is 0 Å². The van der Waals surface area contributed by atoms with Crippen molar-refractivity contribution in [2.75, 3.05) is 13.2 Å². The molecular formula is C12H24N2O2. The van der Waals surface area contributed by atoms with Crippen LogP contribution in [0.1, 0.15) is 39.5 Å². The summed E-state index contributed by atoms with van der Waals surface area (Å²) in [6, 6.07) is 1.04. The van der Waals surface area contributed by atoms with Crippen molar-refractivity contribution in [2.24, 2.45) is 5.73 Å². The Balaban J connectivity index is 1.65. The van der Waals surface area contributed by atoms with Crippen LogP contribution in [0.15, 0.2) is 0 Å². The summed E-state index contributed by atoms with van der Waals surface area (Å²) in [4.78, 5) is 0. The lowest BCUT2D eigenvalue weighted by atomic mass is 9.92. The van der Waals surface area contributed by atoms with Crippen molar-refractivity contribution in [3.63, 3.8) is 0 Å². The normalized spacial score (nSPS) is 38.8. The minimum atomic E-state index is -0.402. The molecule has 0 aromatic heterocycles. The quantitative estimate of drug-likeness (QED) is 0.756. The maximum Gasteiger partial charge on any atom is 0.163 e. The summed E-state index contributed by atoms with van der Waals surface area (Å²) in [5.74, 6) is -0.402. The van der Waals surface area contributed by atoms with E-state index in [2.05, 4.69) is 5.32 Å². The first kappa shape index (κ1) is 12.3. The average Bonchev–Trinajstić information content (AvgIpc) is 2.58. The van der Waals surface area contributed by atoms with E-state index in [1.807, 2.05) is 13.8 Å². The third-order valence-electron chi connectivity index (χ3n) is 3.47. The number of hydrogen-bond donors (Lipinski definition) is 2. The van der Waals surface area contributed by atoms with Gasteiger partial charge in [0.1, 0.15) is 0 Å². The van der Waals surface area contributed by atoms with Crippen LogP contribution < -0.4 is 11.1 Å². The van der Waals surface area contributed by atoms with Crippen molar-refractivity contribution < 1.29 is 9.47 Å². The number of hydrogen-bond acceptors (Lipinski definition) is 4. The Morgan fingerprint density at radius 2 is 1.94 bits per heavy atom. The van der Waals surface area contributed by atoms with Crippen LogP contribution in [0.2, 0.25) is 0 Å². The Morgan fingerprint density at radius 3 is 2.50 bits per heavy atom. The summed E-state index contributed by atoms with van der Waals surface area (Å²) >= 11 is 0. The summed E-state index contributed by atoms with van der Waals surface area (Å²) in [6.07, 6.45) is 4.87. The molecule has 0 radical (unpaired) electrons. The van der Waals surface area contributed by atoms with Crippen molar-refractivity contribution in [1.82, 2.24) is 5.32 Å². The molecule has 2 aliphatic rings. The molecule has 0 bridgehead atoms. The zero-order valence-electron chi connectivity index (χ0n) is 10.4. The Bertz CT molecular complexity index is 225. The number of ether oxygens (including phenoxy) is 2. The summed E-state index contributed by atoms with van der Waals surface area (Å²) < 4.78 is 11.3. The van der Waals surface area contributed by atoms with Crippen LogP contribution in [-0.2, 0) is 9.47 Å². The van der Waals surface area contributed by atoms with Crippen LogP contribution in [0.25, 0.3) is 0 Å². The van der Waals surface area contributed by atoms with Crippen molar-refractivity contribution in [3.8, 4) is 0 Å². The van der Waals surface area contributed by atoms with Crippen LogP contribution >= 0.6 is 0 Å². The lowest BCUT2D eigenvalue weighted by molar-refractivity contribution is -0.137. The van der Waals surface area contributed by atoms with Gasteiger partial charge in [0, 0.05) is 18.6 Å². The molecule has 0 aromatic carbocycles. The molecule has 2 rings (SSSR count). The Morgan fingerprint density at radius 1 is 1.25 bits per heavy atom. The monoisotopic (exact) mass is 228 g/mol. The van der Waals surface area contributed by atoms with Crippen LogP contribution in [0, 0.1) is 0 Å². The first-order valence-electron chi connectivity index (χ1n) is 6.36. The maximum absolute atomic E-state index is 5.88. The molecular weight excluding hydrogens is 204 g/mol. The van der Waals surface area contributed by atoms with Crippen molar-refractivity contribution in [2.45, 2.75) is 63.5 Å². The van der Waals surface area contributed by atoms with E-state index < -0.39 is 5.79 Å². The number of rotatable bonds is 3. The zero-order chi connectivity index (χ0) is 11.6. The molecule has 1 aliphatic heterocycles. The van der Waals surface area contributed by atoms with Crippen molar-refractivity contribution in [3.05, 3.63) is 0 Å². The predicted molar refractivity (Wildman–Crippen MR) is 63.1 cm³/mol. The highest BCUT2D eigenvalue weighted by molar-refractivity contribution is 4.81. The molecule has 0 spiro atoms. The zero-order valence-corrected chi connectivity index (χ0v) is 10.4. The van der Waals surface area contributed by atoms with Crippen molar-refractivity contribution >= 4 is 0 Å². The van der Waals surface area contributed by atoms with Gasteiger partial charge < -0.3 is 20.5 Å². The first-order chi connectivity index (χ1) is 7.55. The minimum Gasteiger partial charge on any atom is -0.348 e. The van der Waals surface area contributed by atoms with Gasteiger partial charge in [-0.1, -0.05) is 0 Å². The third-order valence-corrected chi connectivity index (χ3v) is 3.47. The Hall–Kier alpha value is -0.160. The van der Waals surface area contributed by atoms with Crippen LogP contribution in [-0.4, -0.2) is 37.1 Å². The summed E-state index contributed by atoms with van der Waals surface area (Å²) in [6.45, 7) is 5.52. The van der Waals surface area contributed by atoms with Gasteiger partial charge in [0.15, 0.2) is 5.79 Å². The molecule has 1 atom stereocenters. The summed E-state index contributed by atoms with van der Waals surface area (Å²) in [5, 5.41) is 3.56. The summed E-state index contributed by atoms with van der Waals surface area (Å²) in [5.41, 5.74) is 5.88. The predicted octanol–water partition coefficient (Wildman–Crippen LogP) is 0.997. The highest BCUT2D eigenvalue weighted by atomic mass is 16.7. The molecule has 3 N–H and O–H groups in total. The molecule has 1 saturated carbocycles. The second kappa shape index (κ2) is 5.00. The van der Waals surface area contributed by atoms with E-state index >= 15 is 0 Å². The molecule has 4 heteroatoms. The van der Waals surface area contributed by atoms with E-state index in [0.29, 0.717) is 18.7 Å². The fourth-order valence-electron chi connectivity index (χ4n) is 2.49. The second-order valence-electron chi connectivity index (χ2n) is 5.47. The van der Waals surface area contributed by atoms with Crippen LogP contribution in [0.5, 0.6) is 0 Å². The lowest BCUT2D eigenvalue weighted by Crippen LogP contribution is -2.41. The van der Waals surface area contributed by atoms with Crippen LogP contribution in [0.4, 0.5) is 0 Å². The van der Waals surface area contributed by atoms with Gasteiger partial charge in [-0.3, -0.25) is 0 Å². The van der Waals surface area contributed by atoms with Crippen LogP contribution in [0.3, 0.4) is 0 Å². The third kappa shape index (κ3) is 3.42. The number of nitrogens with one attached hydrogen (secondary N) is 1. The van der Waals surface area contributed by atoms with Gasteiger partial charge in [-0.25, -0.2) is 0 Å². The fourth-order valence-corrected chi connectivity index (χ4v) is 2.49. The van der Waals surface area contributed by atoms with Gasteiger partial charge >= 0.3 is 0 Å². The molecule has 0 aromatic rings. The molecule has 1 saturated heterocycles. The van der Waals surface area contributed by atoms with E-state index in [-0.39, 0.29) is 6.10 Å². The molecule has 2 fully saturated rings. The van der Waals surface area contributed by atoms with Gasteiger partial charge in [-0.05, 0) is 39.5 Å². The van der Waals surface area contributed by atoms with E-state index in [1.54, 1.807) is 0 Å². The second-order valence-corrected chi connectivity index (χ2v) is 5.47.